The number of carboxylic acid groups (broad SMARTS) is 2. The van der Waals surface area contributed by atoms with Crippen LogP contribution in [0.2, 0.25) is 0 Å². The molecule has 2 amide bonds. The second-order valence-corrected chi connectivity index (χ2v) is 9.43. The van der Waals surface area contributed by atoms with E-state index in [2.05, 4.69) is 20.5 Å². The number of pyridine rings is 1. The maximum absolute atomic E-state index is 12.9. The normalized spacial score (nSPS) is 14.0. The Balaban J connectivity index is 0.000000479. The van der Waals surface area contributed by atoms with Gasteiger partial charge in [-0.05, 0) is 19.1 Å². The lowest BCUT2D eigenvalue weighted by atomic mass is 10.0. The predicted molar refractivity (Wildman–Crippen MR) is 150 cm³/mol. The summed E-state index contributed by atoms with van der Waals surface area (Å²) in [4.78, 5) is 52.6. The van der Waals surface area contributed by atoms with Crippen molar-refractivity contribution >= 4 is 41.2 Å². The number of carbonyl (C=O) groups is 4. The third kappa shape index (κ3) is 10.4. The maximum Gasteiger partial charge on any atom is 0.490 e. The van der Waals surface area contributed by atoms with Crippen molar-refractivity contribution in [2.75, 3.05) is 56.6 Å². The van der Waals surface area contributed by atoms with Crippen molar-refractivity contribution in [3.05, 3.63) is 35.3 Å². The molecule has 4 rings (SSSR count). The highest BCUT2D eigenvalue weighted by Crippen LogP contribution is 2.29. The molecule has 0 aliphatic carbocycles. The predicted octanol–water partition coefficient (Wildman–Crippen LogP) is 2.35. The van der Waals surface area contributed by atoms with E-state index in [1.807, 2.05) is 18.0 Å². The summed E-state index contributed by atoms with van der Waals surface area (Å²) in [5, 5.41) is 36.8. The number of alkyl halides is 6. The molecule has 0 saturated carbocycles. The monoisotopic (exact) mass is 694 g/mol. The fraction of sp³-hybridized carbons (Fsp3) is 0.423. The number of hydrogen-bond donors (Lipinski definition) is 5. The molecule has 0 bridgehead atoms. The fourth-order valence-electron chi connectivity index (χ4n) is 3.92. The first-order valence-electron chi connectivity index (χ1n) is 13.5. The van der Waals surface area contributed by atoms with Crippen LogP contribution < -0.4 is 20.3 Å². The van der Waals surface area contributed by atoms with Gasteiger partial charge >= 0.3 is 24.3 Å². The van der Waals surface area contributed by atoms with Gasteiger partial charge in [0.2, 0.25) is 11.8 Å². The highest BCUT2D eigenvalue weighted by Gasteiger charge is 2.39. The van der Waals surface area contributed by atoms with E-state index in [0.29, 0.717) is 63.0 Å². The summed E-state index contributed by atoms with van der Waals surface area (Å²) < 4.78 is 74.6. The van der Waals surface area contributed by atoms with Gasteiger partial charge in [0.25, 0.3) is 11.8 Å². The number of carboxylic acids is 2. The number of nitriles is 1. The number of guanidine groups is 1. The number of piperazine rings is 1. The molecule has 0 atom stereocenters. The molecular formula is C26H28F6N8O8. The number of nitrogens with zero attached hydrogens (tertiary/aromatic N) is 5. The Morgan fingerprint density at radius 1 is 1.12 bits per heavy atom. The Kier molecular flexibility index (Phi) is 13.0. The van der Waals surface area contributed by atoms with Gasteiger partial charge in [-0.2, -0.15) is 36.6 Å². The van der Waals surface area contributed by atoms with Crippen LogP contribution in [0.25, 0.3) is 0 Å². The van der Waals surface area contributed by atoms with E-state index >= 15 is 0 Å². The van der Waals surface area contributed by atoms with E-state index in [-0.39, 0.29) is 28.9 Å². The van der Waals surface area contributed by atoms with Crippen molar-refractivity contribution in [1.82, 2.24) is 20.1 Å². The number of hydrogen-bond acceptors (Lipinski definition) is 10. The van der Waals surface area contributed by atoms with Gasteiger partial charge in [-0.25, -0.2) is 9.59 Å². The number of aliphatic carboxylic acids is 2. The summed E-state index contributed by atoms with van der Waals surface area (Å²) >= 11 is 0. The van der Waals surface area contributed by atoms with Gasteiger partial charge in [0.05, 0.1) is 17.7 Å². The Morgan fingerprint density at radius 3 is 2.19 bits per heavy atom. The Hall–Kier alpha value is -5.75. The van der Waals surface area contributed by atoms with Crippen LogP contribution >= 0.6 is 0 Å². The van der Waals surface area contributed by atoms with Crippen molar-refractivity contribution in [2.24, 2.45) is 0 Å². The second kappa shape index (κ2) is 16.2. The third-order valence-corrected chi connectivity index (χ3v) is 6.21. The Labute approximate surface area is 267 Å². The molecule has 4 heterocycles. The number of amides is 2. The molecule has 2 aliphatic heterocycles. The fourth-order valence-corrected chi connectivity index (χ4v) is 3.92. The van der Waals surface area contributed by atoms with E-state index in [1.54, 1.807) is 19.2 Å². The number of carbonyl (C=O) groups excluding carboxylic acids is 2. The topological polar surface area (TPSA) is 225 Å². The van der Waals surface area contributed by atoms with Crippen LogP contribution in [0.1, 0.15) is 33.4 Å². The lowest BCUT2D eigenvalue weighted by Crippen LogP contribution is -2.51. The van der Waals surface area contributed by atoms with Crippen LogP contribution in [0.5, 0.6) is 5.88 Å². The first-order chi connectivity index (χ1) is 22.3. The highest BCUT2D eigenvalue weighted by atomic mass is 19.4. The lowest BCUT2D eigenvalue weighted by molar-refractivity contribution is -0.193. The zero-order valence-electron chi connectivity index (χ0n) is 25.0. The first-order valence-corrected chi connectivity index (χ1v) is 13.5. The number of anilines is 2. The molecule has 2 aromatic rings. The van der Waals surface area contributed by atoms with Crippen LogP contribution in [0.4, 0.5) is 37.8 Å². The molecule has 48 heavy (non-hydrogen) atoms. The lowest BCUT2D eigenvalue weighted by Gasteiger charge is -2.37. The van der Waals surface area contributed by atoms with Crippen molar-refractivity contribution in [1.29, 1.82) is 10.7 Å². The highest BCUT2D eigenvalue weighted by molar-refractivity contribution is 6.13. The van der Waals surface area contributed by atoms with Gasteiger partial charge < -0.3 is 39.8 Å². The van der Waals surface area contributed by atoms with Crippen LogP contribution in [-0.2, 0) is 16.0 Å². The zero-order chi connectivity index (χ0) is 36.4. The Bertz CT molecular complexity index is 1520. The third-order valence-electron chi connectivity index (χ3n) is 6.21. The molecule has 0 unspecified atom stereocenters. The number of ether oxygens (including phenoxy) is 1. The molecule has 2 aliphatic rings. The second-order valence-electron chi connectivity index (χ2n) is 9.43. The number of fused-ring (bicyclic) bond motifs is 1. The molecule has 16 nitrogen and oxygen atoms in total. The van der Waals surface area contributed by atoms with E-state index < -0.39 is 30.2 Å². The smallest absolute Gasteiger partial charge is 0.476 e. The number of aromatic nitrogens is 1. The average Bonchev–Trinajstić information content (AvgIpc) is 3.47. The van der Waals surface area contributed by atoms with E-state index in [4.69, 9.17) is 39.6 Å². The van der Waals surface area contributed by atoms with Gasteiger partial charge in [-0.3, -0.25) is 19.9 Å². The standard InChI is InChI=1S/C22H26N8O4.2C2HF3O2/c1-3-33-21-15(26-19(31)14-12-34-16-6-7-25-20(32)18(14)16)4-5-17(27-21)29-8-10-30(11-9-29)22(24)28(2)13-23;2*3-2(4,5)1(6)7/h4-5,12,24H,3,6-11H2,1-2H3,(H,25,32)(H,26,31);2*(H,6,7). The summed E-state index contributed by atoms with van der Waals surface area (Å²) in [6.45, 7) is 5.03. The number of rotatable bonds is 5. The molecule has 262 valence electrons. The van der Waals surface area contributed by atoms with Gasteiger partial charge in [-0.1, -0.05) is 0 Å². The number of halogens is 6. The summed E-state index contributed by atoms with van der Waals surface area (Å²) in [6.07, 6.45) is -6.39. The van der Waals surface area contributed by atoms with Crippen LogP contribution in [0, 0.1) is 16.9 Å². The minimum atomic E-state index is -5.08. The number of nitrogens with one attached hydrogen (secondary N) is 3. The zero-order valence-corrected chi connectivity index (χ0v) is 25.0. The van der Waals surface area contributed by atoms with Crippen molar-refractivity contribution < 1.29 is 64.9 Å². The van der Waals surface area contributed by atoms with Crippen molar-refractivity contribution in [2.45, 2.75) is 25.7 Å². The van der Waals surface area contributed by atoms with Gasteiger partial charge in [0.15, 0.2) is 6.19 Å². The minimum absolute atomic E-state index is 0.165. The van der Waals surface area contributed by atoms with Gasteiger partial charge in [0, 0.05) is 46.2 Å². The van der Waals surface area contributed by atoms with Gasteiger partial charge in [0.1, 0.15) is 23.5 Å². The molecule has 0 radical (unpaired) electrons. The molecule has 22 heteroatoms. The Morgan fingerprint density at radius 2 is 1.69 bits per heavy atom. The molecule has 1 saturated heterocycles. The van der Waals surface area contributed by atoms with Crippen molar-refractivity contribution in [3.63, 3.8) is 0 Å². The number of furan rings is 1. The largest absolute Gasteiger partial charge is 0.490 e. The van der Waals surface area contributed by atoms with E-state index in [9.17, 15) is 35.9 Å². The molecule has 5 N–H and O–H groups in total. The molecular weight excluding hydrogens is 666 g/mol. The summed E-state index contributed by atoms with van der Waals surface area (Å²) in [5.74, 6) is -4.70. The van der Waals surface area contributed by atoms with E-state index in [1.165, 1.54) is 11.2 Å². The summed E-state index contributed by atoms with van der Waals surface area (Å²) in [7, 11) is 1.56. The van der Waals surface area contributed by atoms with E-state index in [0.717, 1.165) is 0 Å². The summed E-state index contributed by atoms with van der Waals surface area (Å²) in [6, 6.07) is 3.51. The average molecular weight is 695 g/mol. The van der Waals surface area contributed by atoms with Crippen LogP contribution in [0.15, 0.2) is 22.8 Å². The van der Waals surface area contributed by atoms with Crippen molar-refractivity contribution in [3.8, 4) is 12.1 Å². The maximum atomic E-state index is 12.9. The minimum Gasteiger partial charge on any atom is -0.476 e. The van der Waals surface area contributed by atoms with Crippen LogP contribution in [0.3, 0.4) is 0 Å². The molecule has 1 fully saturated rings. The molecule has 0 spiro atoms. The first kappa shape index (κ1) is 38.4. The SMILES string of the molecule is CCOc1nc(N2CCN(C(=N)N(C)C#N)CC2)ccc1NC(=O)c1coc2c1C(=O)NCC2.O=C(O)C(F)(F)F.O=C(O)C(F)(F)F. The van der Waals surface area contributed by atoms with Crippen LogP contribution in [-0.4, -0.2) is 113 Å². The molecule has 2 aromatic heterocycles. The quantitative estimate of drug-likeness (QED) is 0.0998. The molecule has 0 aromatic carbocycles. The summed E-state index contributed by atoms with van der Waals surface area (Å²) in [5.41, 5.74) is 0.814. The van der Waals surface area contributed by atoms with Gasteiger partial charge in [-0.15, -0.1) is 0 Å².